The lowest BCUT2D eigenvalue weighted by atomic mass is 9.63. The summed E-state index contributed by atoms with van der Waals surface area (Å²) in [6, 6.07) is 22.2. The summed E-state index contributed by atoms with van der Waals surface area (Å²) in [5.41, 5.74) is 4.93. The molecule has 2 aliphatic heterocycles. The molecule has 2 aliphatic rings. The lowest BCUT2D eigenvalue weighted by molar-refractivity contribution is 0.0571. The van der Waals surface area contributed by atoms with Gasteiger partial charge in [-0.25, -0.2) is 4.79 Å². The van der Waals surface area contributed by atoms with Gasteiger partial charge in [0.2, 0.25) is 0 Å². The van der Waals surface area contributed by atoms with Gasteiger partial charge in [-0.1, -0.05) is 61.9 Å². The van der Waals surface area contributed by atoms with Gasteiger partial charge in [0, 0.05) is 17.5 Å². The van der Waals surface area contributed by atoms with Crippen LogP contribution < -0.4 is 10.1 Å². The van der Waals surface area contributed by atoms with Crippen LogP contribution in [0.4, 0.5) is 4.79 Å². The molecule has 0 radical (unpaired) electrons. The number of piperidine rings is 1. The van der Waals surface area contributed by atoms with E-state index in [0.29, 0.717) is 25.6 Å². The Bertz CT molecular complexity index is 1200. The number of nitrogens with zero attached hydrogens (tertiary/aromatic N) is 2. The molecule has 1 spiro atoms. The zero-order valence-corrected chi connectivity index (χ0v) is 21.2. The van der Waals surface area contributed by atoms with Crippen molar-refractivity contribution in [3.63, 3.8) is 0 Å². The number of fused-ring (bicyclic) bond motifs is 2. The zero-order chi connectivity index (χ0) is 25.0. The van der Waals surface area contributed by atoms with Crippen molar-refractivity contribution < 1.29 is 14.3 Å². The van der Waals surface area contributed by atoms with Crippen molar-refractivity contribution in [3.05, 3.63) is 83.6 Å². The van der Waals surface area contributed by atoms with Crippen LogP contribution in [-0.2, 0) is 23.3 Å². The van der Waals surface area contributed by atoms with Crippen LogP contribution in [-0.4, -0.2) is 42.2 Å². The molecule has 1 saturated heterocycles. The lowest BCUT2D eigenvalue weighted by Crippen LogP contribution is -2.57. The van der Waals surface area contributed by atoms with E-state index in [2.05, 4.69) is 24.4 Å². The number of hydrogen-bond donors (Lipinski definition) is 1. The van der Waals surface area contributed by atoms with Crippen molar-refractivity contribution >= 4 is 6.09 Å². The predicted molar refractivity (Wildman–Crippen MR) is 141 cm³/mol. The summed E-state index contributed by atoms with van der Waals surface area (Å²) < 4.78 is 11.7. The third-order valence-electron chi connectivity index (χ3n) is 7.66. The van der Waals surface area contributed by atoms with E-state index in [0.717, 1.165) is 54.2 Å². The normalized spacial score (nSPS) is 21.2. The molecule has 1 N–H and O–H groups in total. The summed E-state index contributed by atoms with van der Waals surface area (Å²) in [4.78, 5) is 20.3. The molecule has 1 aromatic heterocycles. The number of carbonyl (C=O) groups excluding carboxylic acids is 1. The maximum absolute atomic E-state index is 13.3. The molecule has 0 aliphatic carbocycles. The molecule has 6 nitrogen and oxygen atoms in total. The first-order chi connectivity index (χ1) is 17.6. The van der Waals surface area contributed by atoms with E-state index in [4.69, 9.17) is 14.5 Å². The average Bonchev–Trinajstić information content (AvgIpc) is 2.92. The van der Waals surface area contributed by atoms with Gasteiger partial charge in [-0.3, -0.25) is 4.98 Å². The SMILES string of the molecule is CCOc1ccccc1-c1ccc2c(n1)CN(C(=O)OCc1ccccc1)C[C@]21CCNC[C@H]1CC. The fourth-order valence-electron chi connectivity index (χ4n) is 5.87. The number of pyridine rings is 1. The quantitative estimate of drug-likeness (QED) is 0.495. The van der Waals surface area contributed by atoms with Gasteiger partial charge in [-0.15, -0.1) is 0 Å². The molecule has 2 aromatic carbocycles. The Hall–Kier alpha value is -3.38. The van der Waals surface area contributed by atoms with Crippen LogP contribution in [0.5, 0.6) is 5.75 Å². The van der Waals surface area contributed by atoms with Crippen molar-refractivity contribution in [1.29, 1.82) is 0 Å². The molecule has 6 heteroatoms. The monoisotopic (exact) mass is 485 g/mol. The molecule has 3 heterocycles. The number of benzene rings is 2. The Morgan fingerprint density at radius 2 is 1.89 bits per heavy atom. The first kappa shape index (κ1) is 24.3. The first-order valence-corrected chi connectivity index (χ1v) is 13.0. The van der Waals surface area contributed by atoms with Crippen molar-refractivity contribution in [2.24, 2.45) is 5.92 Å². The highest BCUT2D eigenvalue weighted by atomic mass is 16.6. The molecule has 0 bridgehead atoms. The van der Waals surface area contributed by atoms with E-state index < -0.39 is 0 Å². The van der Waals surface area contributed by atoms with Crippen LogP contribution in [0.15, 0.2) is 66.7 Å². The minimum atomic E-state index is -0.279. The molecule has 188 valence electrons. The number of rotatable bonds is 6. The van der Waals surface area contributed by atoms with Crippen molar-refractivity contribution in [1.82, 2.24) is 15.2 Å². The molecule has 3 aromatic rings. The van der Waals surface area contributed by atoms with E-state index in [-0.39, 0.29) is 18.1 Å². The summed E-state index contributed by atoms with van der Waals surface area (Å²) in [6.07, 6.45) is 1.73. The van der Waals surface area contributed by atoms with Gasteiger partial charge in [-0.2, -0.15) is 0 Å². The smallest absolute Gasteiger partial charge is 0.410 e. The summed E-state index contributed by atoms with van der Waals surface area (Å²) in [5, 5.41) is 3.57. The number of carbonyl (C=O) groups is 1. The Kier molecular flexibility index (Phi) is 7.23. The summed E-state index contributed by atoms with van der Waals surface area (Å²) in [5.74, 6) is 1.24. The number of aromatic nitrogens is 1. The Morgan fingerprint density at radius 1 is 1.08 bits per heavy atom. The summed E-state index contributed by atoms with van der Waals surface area (Å²) in [7, 11) is 0. The molecule has 5 rings (SSSR count). The van der Waals surface area contributed by atoms with E-state index in [1.54, 1.807) is 0 Å². The Balaban J connectivity index is 1.50. The first-order valence-electron chi connectivity index (χ1n) is 13.0. The van der Waals surface area contributed by atoms with Crippen LogP contribution in [0.1, 0.15) is 43.5 Å². The Labute approximate surface area is 213 Å². The van der Waals surface area contributed by atoms with E-state index in [9.17, 15) is 4.79 Å². The minimum absolute atomic E-state index is 0.135. The van der Waals surface area contributed by atoms with Crippen molar-refractivity contribution in [3.8, 4) is 17.0 Å². The van der Waals surface area contributed by atoms with E-state index in [1.807, 2.05) is 66.4 Å². The second kappa shape index (κ2) is 10.7. The summed E-state index contributed by atoms with van der Waals surface area (Å²) in [6.45, 7) is 8.06. The van der Waals surface area contributed by atoms with E-state index >= 15 is 0 Å². The van der Waals surface area contributed by atoms with Gasteiger partial charge in [-0.05, 0) is 61.7 Å². The van der Waals surface area contributed by atoms with Crippen LogP contribution in [0.25, 0.3) is 11.3 Å². The highest BCUT2D eigenvalue weighted by molar-refractivity contribution is 5.70. The number of nitrogens with one attached hydrogen (secondary N) is 1. The number of ether oxygens (including phenoxy) is 2. The van der Waals surface area contributed by atoms with Crippen LogP contribution >= 0.6 is 0 Å². The molecular weight excluding hydrogens is 450 g/mol. The highest BCUT2D eigenvalue weighted by Gasteiger charge is 2.48. The van der Waals surface area contributed by atoms with E-state index in [1.165, 1.54) is 5.56 Å². The van der Waals surface area contributed by atoms with Crippen LogP contribution in [0.3, 0.4) is 0 Å². The van der Waals surface area contributed by atoms with Gasteiger partial charge in [0.25, 0.3) is 0 Å². The molecule has 36 heavy (non-hydrogen) atoms. The predicted octanol–water partition coefficient (Wildman–Crippen LogP) is 5.56. The maximum atomic E-state index is 13.3. The number of para-hydroxylation sites is 1. The second-order valence-corrected chi connectivity index (χ2v) is 9.73. The Morgan fingerprint density at radius 3 is 2.69 bits per heavy atom. The standard InChI is InChI=1S/C30H35N3O3/c1-3-23-18-31-17-16-30(23)21-33(29(34)36-20-22-10-6-5-7-11-22)19-27-25(30)14-15-26(32-27)24-12-8-9-13-28(24)35-4-2/h5-15,23,31H,3-4,16-21H2,1-2H3/t23-,30+/m1/s1. The number of hydrogen-bond acceptors (Lipinski definition) is 5. The molecule has 0 unspecified atom stereocenters. The van der Waals surface area contributed by atoms with Gasteiger partial charge >= 0.3 is 6.09 Å². The average molecular weight is 486 g/mol. The third kappa shape index (κ3) is 4.70. The number of amides is 1. The van der Waals surface area contributed by atoms with Crippen LogP contribution in [0, 0.1) is 5.92 Å². The minimum Gasteiger partial charge on any atom is -0.493 e. The van der Waals surface area contributed by atoms with Gasteiger partial charge < -0.3 is 19.7 Å². The topological polar surface area (TPSA) is 63.7 Å². The fourth-order valence-corrected chi connectivity index (χ4v) is 5.87. The second-order valence-electron chi connectivity index (χ2n) is 9.73. The molecular formula is C30H35N3O3. The maximum Gasteiger partial charge on any atom is 0.410 e. The van der Waals surface area contributed by atoms with Crippen molar-refractivity contribution in [2.45, 2.75) is 45.3 Å². The largest absolute Gasteiger partial charge is 0.493 e. The van der Waals surface area contributed by atoms with Gasteiger partial charge in [0.1, 0.15) is 12.4 Å². The van der Waals surface area contributed by atoms with Gasteiger partial charge in [0.05, 0.1) is 24.5 Å². The fraction of sp³-hybridized carbons (Fsp3) is 0.400. The summed E-state index contributed by atoms with van der Waals surface area (Å²) >= 11 is 0. The molecule has 2 atom stereocenters. The van der Waals surface area contributed by atoms with Gasteiger partial charge in [0.15, 0.2) is 0 Å². The molecule has 1 amide bonds. The lowest BCUT2D eigenvalue weighted by Gasteiger charge is -2.50. The van der Waals surface area contributed by atoms with Crippen LogP contribution in [0.2, 0.25) is 0 Å². The molecule has 1 fully saturated rings. The molecule has 0 saturated carbocycles. The zero-order valence-electron chi connectivity index (χ0n) is 21.2. The third-order valence-corrected chi connectivity index (χ3v) is 7.66. The van der Waals surface area contributed by atoms with Crippen molar-refractivity contribution in [2.75, 3.05) is 26.2 Å². The highest BCUT2D eigenvalue weighted by Crippen LogP contribution is 2.45.